The SMILES string of the molecule is CC(C)(C)C1=NNC(=O)C1N. The van der Waals surface area contributed by atoms with Gasteiger partial charge in [-0.05, 0) is 0 Å². The number of hydrogen-bond donors (Lipinski definition) is 2. The predicted octanol–water partition coefficient (Wildman–Crippen LogP) is -0.154. The molecule has 62 valence electrons. The van der Waals surface area contributed by atoms with Crippen molar-refractivity contribution in [3.05, 3.63) is 0 Å². The third kappa shape index (κ3) is 1.40. The highest BCUT2D eigenvalue weighted by molar-refractivity contribution is 6.13. The highest BCUT2D eigenvalue weighted by Gasteiger charge is 2.33. The van der Waals surface area contributed by atoms with Gasteiger partial charge in [-0.3, -0.25) is 4.79 Å². The number of amides is 1. The summed E-state index contributed by atoms with van der Waals surface area (Å²) in [5, 5.41) is 3.86. The lowest BCUT2D eigenvalue weighted by atomic mass is 9.86. The van der Waals surface area contributed by atoms with Crippen LogP contribution in [0.1, 0.15) is 20.8 Å². The van der Waals surface area contributed by atoms with Gasteiger partial charge in [-0.15, -0.1) is 0 Å². The number of hydrogen-bond acceptors (Lipinski definition) is 3. The van der Waals surface area contributed by atoms with Crippen LogP contribution in [0.15, 0.2) is 5.10 Å². The minimum Gasteiger partial charge on any atom is -0.315 e. The van der Waals surface area contributed by atoms with E-state index in [2.05, 4.69) is 10.5 Å². The average molecular weight is 155 g/mol. The fourth-order valence-corrected chi connectivity index (χ4v) is 1.01. The van der Waals surface area contributed by atoms with Gasteiger partial charge in [0.15, 0.2) is 0 Å². The van der Waals surface area contributed by atoms with Crippen LogP contribution in [-0.4, -0.2) is 17.7 Å². The first kappa shape index (κ1) is 8.20. The van der Waals surface area contributed by atoms with E-state index in [1.807, 2.05) is 20.8 Å². The molecule has 0 aromatic carbocycles. The summed E-state index contributed by atoms with van der Waals surface area (Å²) in [5.41, 5.74) is 8.51. The maximum Gasteiger partial charge on any atom is 0.262 e. The summed E-state index contributed by atoms with van der Waals surface area (Å²) in [6.45, 7) is 5.93. The van der Waals surface area contributed by atoms with Crippen molar-refractivity contribution >= 4 is 11.6 Å². The zero-order chi connectivity index (χ0) is 8.65. The molecule has 0 spiro atoms. The van der Waals surface area contributed by atoms with Crippen LogP contribution in [-0.2, 0) is 4.79 Å². The van der Waals surface area contributed by atoms with Gasteiger partial charge in [-0.2, -0.15) is 5.10 Å². The molecule has 0 aromatic rings. The van der Waals surface area contributed by atoms with E-state index in [4.69, 9.17) is 5.73 Å². The lowest BCUT2D eigenvalue weighted by molar-refractivity contribution is -0.120. The van der Waals surface area contributed by atoms with Crippen molar-refractivity contribution in [1.29, 1.82) is 0 Å². The normalized spacial score (nSPS) is 24.9. The molecule has 1 unspecified atom stereocenters. The molecule has 4 heteroatoms. The van der Waals surface area contributed by atoms with Gasteiger partial charge in [-0.1, -0.05) is 20.8 Å². The Morgan fingerprint density at radius 1 is 1.55 bits per heavy atom. The summed E-state index contributed by atoms with van der Waals surface area (Å²) in [6.07, 6.45) is 0. The van der Waals surface area contributed by atoms with Crippen LogP contribution in [0.25, 0.3) is 0 Å². The van der Waals surface area contributed by atoms with Crippen LogP contribution < -0.4 is 11.2 Å². The van der Waals surface area contributed by atoms with Gasteiger partial charge in [-0.25, -0.2) is 5.43 Å². The molecular formula is C7H13N3O. The summed E-state index contributed by atoms with van der Waals surface area (Å²) >= 11 is 0. The molecule has 1 heterocycles. The molecule has 1 aliphatic rings. The number of nitrogens with two attached hydrogens (primary N) is 1. The summed E-state index contributed by atoms with van der Waals surface area (Å²) in [5.74, 6) is -0.213. The molecule has 1 atom stereocenters. The van der Waals surface area contributed by atoms with E-state index in [0.717, 1.165) is 5.71 Å². The Balaban J connectivity index is 2.84. The van der Waals surface area contributed by atoms with Gasteiger partial charge in [0.2, 0.25) is 0 Å². The monoisotopic (exact) mass is 155 g/mol. The van der Waals surface area contributed by atoms with Gasteiger partial charge in [0.1, 0.15) is 6.04 Å². The third-order valence-electron chi connectivity index (χ3n) is 1.63. The Hall–Kier alpha value is -0.900. The van der Waals surface area contributed by atoms with Crippen molar-refractivity contribution < 1.29 is 4.79 Å². The highest BCUT2D eigenvalue weighted by Crippen LogP contribution is 2.19. The van der Waals surface area contributed by atoms with Crippen LogP contribution in [0, 0.1) is 5.41 Å². The molecule has 4 nitrogen and oxygen atoms in total. The van der Waals surface area contributed by atoms with Gasteiger partial charge < -0.3 is 5.73 Å². The van der Waals surface area contributed by atoms with E-state index in [1.54, 1.807) is 0 Å². The highest BCUT2D eigenvalue weighted by atomic mass is 16.2. The lowest BCUT2D eigenvalue weighted by Crippen LogP contribution is -2.42. The van der Waals surface area contributed by atoms with Crippen LogP contribution in [0.5, 0.6) is 0 Å². The average Bonchev–Trinajstić information content (AvgIpc) is 2.11. The quantitative estimate of drug-likeness (QED) is 0.510. The summed E-state index contributed by atoms with van der Waals surface area (Å²) in [7, 11) is 0. The molecule has 0 saturated heterocycles. The number of carbonyl (C=O) groups is 1. The minimum atomic E-state index is -0.560. The van der Waals surface area contributed by atoms with Crippen molar-refractivity contribution in [3.8, 4) is 0 Å². The van der Waals surface area contributed by atoms with Crippen molar-refractivity contribution in [2.24, 2.45) is 16.3 Å². The van der Waals surface area contributed by atoms with Crippen LogP contribution in [0.3, 0.4) is 0 Å². The second-order valence-corrected chi connectivity index (χ2v) is 3.70. The van der Waals surface area contributed by atoms with Crippen LogP contribution >= 0.6 is 0 Å². The Kier molecular flexibility index (Phi) is 1.72. The fourth-order valence-electron chi connectivity index (χ4n) is 1.01. The van der Waals surface area contributed by atoms with E-state index in [9.17, 15) is 4.79 Å². The number of hydrazone groups is 1. The smallest absolute Gasteiger partial charge is 0.262 e. The number of carbonyl (C=O) groups excluding carboxylic acids is 1. The zero-order valence-corrected chi connectivity index (χ0v) is 7.01. The van der Waals surface area contributed by atoms with Crippen molar-refractivity contribution in [1.82, 2.24) is 5.43 Å². The molecular weight excluding hydrogens is 142 g/mol. The van der Waals surface area contributed by atoms with Gasteiger partial charge in [0.05, 0.1) is 5.71 Å². The molecule has 11 heavy (non-hydrogen) atoms. The molecule has 0 saturated carbocycles. The molecule has 1 amide bonds. The predicted molar refractivity (Wildman–Crippen MR) is 43.0 cm³/mol. The molecule has 0 aliphatic carbocycles. The summed E-state index contributed by atoms with van der Waals surface area (Å²) < 4.78 is 0. The minimum absolute atomic E-state index is 0.126. The summed E-state index contributed by atoms with van der Waals surface area (Å²) in [4.78, 5) is 10.9. The first-order valence-corrected chi connectivity index (χ1v) is 3.56. The van der Waals surface area contributed by atoms with Crippen LogP contribution in [0.2, 0.25) is 0 Å². The van der Waals surface area contributed by atoms with E-state index < -0.39 is 6.04 Å². The second-order valence-electron chi connectivity index (χ2n) is 3.70. The molecule has 0 radical (unpaired) electrons. The van der Waals surface area contributed by atoms with Crippen molar-refractivity contribution in [2.75, 3.05) is 0 Å². The van der Waals surface area contributed by atoms with Crippen LogP contribution in [0.4, 0.5) is 0 Å². The molecule has 0 fully saturated rings. The van der Waals surface area contributed by atoms with Crippen molar-refractivity contribution in [2.45, 2.75) is 26.8 Å². The Bertz CT molecular complexity index is 214. The summed E-state index contributed by atoms with van der Waals surface area (Å²) in [6, 6.07) is -0.560. The molecule has 1 aliphatic heterocycles. The van der Waals surface area contributed by atoms with E-state index in [-0.39, 0.29) is 11.3 Å². The van der Waals surface area contributed by atoms with E-state index in [1.165, 1.54) is 0 Å². The van der Waals surface area contributed by atoms with Gasteiger partial charge >= 0.3 is 0 Å². The molecule has 3 N–H and O–H groups in total. The Morgan fingerprint density at radius 2 is 2.09 bits per heavy atom. The topological polar surface area (TPSA) is 67.5 Å². The Morgan fingerprint density at radius 3 is 2.27 bits per heavy atom. The molecule has 0 aromatic heterocycles. The maximum atomic E-state index is 10.9. The fraction of sp³-hybridized carbons (Fsp3) is 0.714. The number of nitrogens with one attached hydrogen (secondary N) is 1. The number of rotatable bonds is 0. The molecule has 1 rings (SSSR count). The first-order valence-electron chi connectivity index (χ1n) is 3.56. The van der Waals surface area contributed by atoms with E-state index in [0.29, 0.717) is 0 Å². The third-order valence-corrected chi connectivity index (χ3v) is 1.63. The largest absolute Gasteiger partial charge is 0.315 e. The second kappa shape index (κ2) is 2.30. The number of nitrogens with zero attached hydrogens (tertiary/aromatic N) is 1. The van der Waals surface area contributed by atoms with E-state index >= 15 is 0 Å². The molecule has 0 bridgehead atoms. The Labute approximate surface area is 65.8 Å². The maximum absolute atomic E-state index is 10.9. The van der Waals surface area contributed by atoms with Crippen molar-refractivity contribution in [3.63, 3.8) is 0 Å². The lowest BCUT2D eigenvalue weighted by Gasteiger charge is -2.19. The first-order chi connectivity index (χ1) is 4.93. The standard InChI is InChI=1S/C7H13N3O/c1-7(2,3)5-4(8)6(11)10-9-5/h4H,8H2,1-3H3,(H,10,11). The zero-order valence-electron chi connectivity index (χ0n) is 7.01. The van der Waals surface area contributed by atoms with Gasteiger partial charge in [0, 0.05) is 5.41 Å². The van der Waals surface area contributed by atoms with Gasteiger partial charge in [0.25, 0.3) is 5.91 Å².